The van der Waals surface area contributed by atoms with Gasteiger partial charge in [-0.2, -0.15) is 0 Å². The predicted octanol–water partition coefficient (Wildman–Crippen LogP) is 9.60. The second kappa shape index (κ2) is 7.90. The van der Waals surface area contributed by atoms with Crippen molar-refractivity contribution in [3.05, 3.63) is 121 Å². The van der Waals surface area contributed by atoms with E-state index in [-0.39, 0.29) is 0 Å². The standard InChI is InChI=1S/C33H26/c1-22(2)25-18-19-30-31(21-25)32(24-11-4-3-5-12-24)28-14-8-9-15-29(28)33(30)27-17-16-23-10-6-7-13-26(23)20-27/h3-22H,1-2H3. The van der Waals surface area contributed by atoms with E-state index < -0.39 is 0 Å². The highest BCUT2D eigenvalue weighted by molar-refractivity contribution is 6.21. The van der Waals surface area contributed by atoms with Gasteiger partial charge in [0.2, 0.25) is 0 Å². The van der Waals surface area contributed by atoms with Gasteiger partial charge in [0.05, 0.1) is 0 Å². The highest BCUT2D eigenvalue weighted by atomic mass is 14.2. The van der Waals surface area contributed by atoms with Crippen LogP contribution in [-0.2, 0) is 0 Å². The van der Waals surface area contributed by atoms with Crippen molar-refractivity contribution in [3.8, 4) is 22.3 Å². The van der Waals surface area contributed by atoms with Crippen molar-refractivity contribution >= 4 is 32.3 Å². The highest BCUT2D eigenvalue weighted by Gasteiger charge is 2.17. The first-order valence-electron chi connectivity index (χ1n) is 11.7. The predicted molar refractivity (Wildman–Crippen MR) is 144 cm³/mol. The van der Waals surface area contributed by atoms with E-state index in [2.05, 4.69) is 129 Å². The Hall–Kier alpha value is -3.90. The topological polar surface area (TPSA) is 0 Å². The molecule has 0 spiro atoms. The molecule has 6 aromatic carbocycles. The average molecular weight is 423 g/mol. The van der Waals surface area contributed by atoms with Crippen molar-refractivity contribution in [1.82, 2.24) is 0 Å². The molecule has 0 amide bonds. The maximum absolute atomic E-state index is 2.42. The molecule has 0 aliphatic rings. The van der Waals surface area contributed by atoms with Gasteiger partial charge in [-0.15, -0.1) is 0 Å². The zero-order valence-corrected chi connectivity index (χ0v) is 19.0. The second-order valence-corrected chi connectivity index (χ2v) is 9.18. The maximum Gasteiger partial charge on any atom is -0.00261 e. The Labute approximate surface area is 195 Å². The smallest absolute Gasteiger partial charge is 0.00261 e. The summed E-state index contributed by atoms with van der Waals surface area (Å²) in [5.74, 6) is 0.480. The third kappa shape index (κ3) is 3.31. The van der Waals surface area contributed by atoms with E-state index in [1.165, 1.54) is 60.1 Å². The lowest BCUT2D eigenvalue weighted by Gasteiger charge is -2.19. The van der Waals surface area contributed by atoms with Crippen molar-refractivity contribution in [2.45, 2.75) is 19.8 Å². The van der Waals surface area contributed by atoms with Crippen LogP contribution in [0.4, 0.5) is 0 Å². The molecule has 0 aromatic heterocycles. The van der Waals surface area contributed by atoms with Gasteiger partial charge in [0.15, 0.2) is 0 Å². The minimum absolute atomic E-state index is 0.480. The lowest BCUT2D eigenvalue weighted by molar-refractivity contribution is 0.869. The number of hydrogen-bond donors (Lipinski definition) is 0. The number of fused-ring (bicyclic) bond motifs is 3. The summed E-state index contributed by atoms with van der Waals surface area (Å²) in [4.78, 5) is 0. The van der Waals surface area contributed by atoms with Gasteiger partial charge in [-0.05, 0) is 72.1 Å². The van der Waals surface area contributed by atoms with Crippen LogP contribution in [-0.4, -0.2) is 0 Å². The Morgan fingerprint density at radius 3 is 1.76 bits per heavy atom. The number of benzene rings is 6. The zero-order valence-electron chi connectivity index (χ0n) is 19.0. The molecular weight excluding hydrogens is 396 g/mol. The van der Waals surface area contributed by atoms with E-state index in [9.17, 15) is 0 Å². The maximum atomic E-state index is 2.42. The molecule has 0 fully saturated rings. The van der Waals surface area contributed by atoms with E-state index in [0.717, 1.165) is 0 Å². The Bertz CT molecular complexity index is 1620. The van der Waals surface area contributed by atoms with Crippen molar-refractivity contribution in [1.29, 1.82) is 0 Å². The molecule has 158 valence electrons. The monoisotopic (exact) mass is 422 g/mol. The van der Waals surface area contributed by atoms with Crippen molar-refractivity contribution in [2.24, 2.45) is 0 Å². The lowest BCUT2D eigenvalue weighted by Crippen LogP contribution is -1.93. The van der Waals surface area contributed by atoms with Crippen LogP contribution < -0.4 is 0 Å². The van der Waals surface area contributed by atoms with E-state index in [0.29, 0.717) is 5.92 Å². The SMILES string of the molecule is CC(C)c1ccc2c(-c3ccc4ccccc4c3)c3ccccc3c(-c3ccccc3)c2c1. The summed E-state index contributed by atoms with van der Waals surface area (Å²) in [5.41, 5.74) is 6.56. The van der Waals surface area contributed by atoms with Crippen molar-refractivity contribution in [2.75, 3.05) is 0 Å². The summed E-state index contributed by atoms with van der Waals surface area (Å²) in [7, 11) is 0. The van der Waals surface area contributed by atoms with E-state index >= 15 is 0 Å². The minimum atomic E-state index is 0.480. The van der Waals surface area contributed by atoms with Gasteiger partial charge in [-0.3, -0.25) is 0 Å². The summed E-state index contributed by atoms with van der Waals surface area (Å²) < 4.78 is 0. The van der Waals surface area contributed by atoms with E-state index in [4.69, 9.17) is 0 Å². The largest absolute Gasteiger partial charge is 0.0622 e. The summed E-state index contributed by atoms with van der Waals surface area (Å²) >= 11 is 0. The Morgan fingerprint density at radius 1 is 0.424 bits per heavy atom. The van der Waals surface area contributed by atoms with Gasteiger partial charge in [0.25, 0.3) is 0 Å². The Morgan fingerprint density at radius 2 is 1.03 bits per heavy atom. The lowest BCUT2D eigenvalue weighted by atomic mass is 9.84. The summed E-state index contributed by atoms with van der Waals surface area (Å²) in [6.07, 6.45) is 0. The molecule has 0 N–H and O–H groups in total. The van der Waals surface area contributed by atoms with Crippen LogP contribution in [0.15, 0.2) is 115 Å². The van der Waals surface area contributed by atoms with Crippen molar-refractivity contribution < 1.29 is 0 Å². The third-order valence-corrected chi connectivity index (χ3v) is 6.82. The number of rotatable bonds is 3. The van der Waals surface area contributed by atoms with Gasteiger partial charge < -0.3 is 0 Å². The fourth-order valence-corrected chi connectivity index (χ4v) is 5.13. The highest BCUT2D eigenvalue weighted by Crippen LogP contribution is 2.44. The fourth-order valence-electron chi connectivity index (χ4n) is 5.13. The van der Waals surface area contributed by atoms with Crippen molar-refractivity contribution in [3.63, 3.8) is 0 Å². The molecule has 0 heteroatoms. The van der Waals surface area contributed by atoms with Gasteiger partial charge in [0.1, 0.15) is 0 Å². The molecule has 0 nitrogen and oxygen atoms in total. The summed E-state index contributed by atoms with van der Waals surface area (Å²) in [5, 5.41) is 7.80. The van der Waals surface area contributed by atoms with Crippen LogP contribution in [0.5, 0.6) is 0 Å². The first-order valence-corrected chi connectivity index (χ1v) is 11.7. The first kappa shape index (κ1) is 19.8. The molecule has 6 rings (SSSR count). The third-order valence-electron chi connectivity index (χ3n) is 6.82. The second-order valence-electron chi connectivity index (χ2n) is 9.18. The molecule has 6 aromatic rings. The van der Waals surface area contributed by atoms with Crippen LogP contribution in [0.1, 0.15) is 25.3 Å². The Balaban J connectivity index is 1.79. The molecule has 0 saturated heterocycles. The Kier molecular flexibility index (Phi) is 4.73. The quantitative estimate of drug-likeness (QED) is 0.249. The zero-order chi connectivity index (χ0) is 22.4. The fraction of sp³-hybridized carbons (Fsp3) is 0.0909. The summed E-state index contributed by atoms with van der Waals surface area (Å²) in [6, 6.07) is 42.3. The van der Waals surface area contributed by atoms with Gasteiger partial charge >= 0.3 is 0 Å². The molecule has 0 atom stereocenters. The number of hydrogen-bond acceptors (Lipinski definition) is 0. The molecule has 0 unspecified atom stereocenters. The van der Waals surface area contributed by atoms with Gasteiger partial charge in [-0.25, -0.2) is 0 Å². The van der Waals surface area contributed by atoms with E-state index in [1.807, 2.05) is 0 Å². The van der Waals surface area contributed by atoms with Crippen LogP contribution >= 0.6 is 0 Å². The molecule has 0 aliphatic heterocycles. The van der Waals surface area contributed by atoms with E-state index in [1.54, 1.807) is 0 Å². The molecule has 0 radical (unpaired) electrons. The normalized spacial score (nSPS) is 11.6. The molecule has 0 saturated carbocycles. The van der Waals surface area contributed by atoms with Crippen LogP contribution in [0, 0.1) is 0 Å². The molecule has 0 aliphatic carbocycles. The summed E-state index contributed by atoms with van der Waals surface area (Å²) in [6.45, 7) is 4.54. The minimum Gasteiger partial charge on any atom is -0.0622 e. The average Bonchev–Trinajstić information content (AvgIpc) is 2.87. The van der Waals surface area contributed by atoms with Crippen LogP contribution in [0.25, 0.3) is 54.6 Å². The first-order chi connectivity index (χ1) is 16.2. The molecule has 0 heterocycles. The molecule has 0 bridgehead atoms. The van der Waals surface area contributed by atoms with Gasteiger partial charge in [-0.1, -0.05) is 123 Å². The van der Waals surface area contributed by atoms with Crippen LogP contribution in [0.2, 0.25) is 0 Å². The van der Waals surface area contributed by atoms with Crippen LogP contribution in [0.3, 0.4) is 0 Å². The molecular formula is C33H26. The molecule has 33 heavy (non-hydrogen) atoms. The van der Waals surface area contributed by atoms with Gasteiger partial charge in [0, 0.05) is 0 Å².